The van der Waals surface area contributed by atoms with Crippen molar-refractivity contribution >= 4 is 17.5 Å². The van der Waals surface area contributed by atoms with Gasteiger partial charge in [-0.2, -0.15) is 0 Å². The van der Waals surface area contributed by atoms with Gasteiger partial charge in [-0.25, -0.2) is 0 Å². The lowest BCUT2D eigenvalue weighted by atomic mass is 10.1. The molecule has 1 atom stereocenters. The van der Waals surface area contributed by atoms with E-state index in [1.54, 1.807) is 18.2 Å². The molecule has 114 valence electrons. The quantitative estimate of drug-likeness (QED) is 0.686. The molecule has 6 nitrogen and oxygen atoms in total. The molecule has 0 spiro atoms. The number of fused-ring (bicyclic) bond motifs is 1. The molecule has 21 heavy (non-hydrogen) atoms. The first-order valence-corrected chi connectivity index (χ1v) is 7.06. The monoisotopic (exact) mass is 292 g/mol. The summed E-state index contributed by atoms with van der Waals surface area (Å²) in [6.45, 7) is 2.69. The van der Waals surface area contributed by atoms with Gasteiger partial charge in [0.1, 0.15) is 5.75 Å². The predicted octanol–water partition coefficient (Wildman–Crippen LogP) is 1.16. The summed E-state index contributed by atoms with van der Waals surface area (Å²) in [5.41, 5.74) is 1.00. The molecule has 0 fully saturated rings. The number of carbonyl (C=O) groups is 2. The molecule has 0 saturated carbocycles. The molecular formula is C15H20N2O4. The maximum atomic E-state index is 12.0. The first kappa shape index (κ1) is 15.3. The van der Waals surface area contributed by atoms with Gasteiger partial charge < -0.3 is 20.5 Å². The zero-order valence-electron chi connectivity index (χ0n) is 12.0. The van der Waals surface area contributed by atoms with Gasteiger partial charge in [-0.05, 0) is 37.0 Å². The Morgan fingerprint density at radius 2 is 2.33 bits per heavy atom. The summed E-state index contributed by atoms with van der Waals surface area (Å²) in [5, 5.41) is 14.4. The van der Waals surface area contributed by atoms with E-state index in [-0.39, 0.29) is 30.9 Å². The fraction of sp³-hybridized carbons (Fsp3) is 0.467. The van der Waals surface area contributed by atoms with E-state index < -0.39 is 0 Å². The van der Waals surface area contributed by atoms with Crippen molar-refractivity contribution < 1.29 is 19.4 Å². The first-order chi connectivity index (χ1) is 10.1. The minimum Gasteiger partial charge on any atom is -0.482 e. The normalized spacial score (nSPS) is 14.7. The van der Waals surface area contributed by atoms with Gasteiger partial charge in [0.25, 0.3) is 11.8 Å². The molecular weight excluding hydrogens is 272 g/mol. The number of rotatable bonds is 6. The van der Waals surface area contributed by atoms with Crippen LogP contribution in [0.5, 0.6) is 5.75 Å². The van der Waals surface area contributed by atoms with E-state index in [0.717, 1.165) is 12.8 Å². The van der Waals surface area contributed by atoms with Crippen molar-refractivity contribution in [2.24, 2.45) is 5.92 Å². The molecule has 2 rings (SSSR count). The summed E-state index contributed by atoms with van der Waals surface area (Å²) >= 11 is 0. The lowest BCUT2D eigenvalue weighted by molar-refractivity contribution is -0.118. The number of aliphatic hydroxyl groups is 1. The van der Waals surface area contributed by atoms with Crippen LogP contribution in [0.25, 0.3) is 0 Å². The minimum atomic E-state index is -0.224. The second-order valence-electron chi connectivity index (χ2n) is 5.23. The third-order valence-corrected chi connectivity index (χ3v) is 3.35. The summed E-state index contributed by atoms with van der Waals surface area (Å²) in [4.78, 5) is 23.3. The van der Waals surface area contributed by atoms with E-state index in [0.29, 0.717) is 23.5 Å². The summed E-state index contributed by atoms with van der Waals surface area (Å²) in [6, 6.07) is 4.96. The van der Waals surface area contributed by atoms with Crippen molar-refractivity contribution in [3.63, 3.8) is 0 Å². The Bertz CT molecular complexity index is 530. The molecule has 0 aliphatic carbocycles. The maximum absolute atomic E-state index is 12.0. The number of anilines is 1. The van der Waals surface area contributed by atoms with Crippen LogP contribution in [-0.4, -0.2) is 36.7 Å². The zero-order valence-corrected chi connectivity index (χ0v) is 12.0. The molecule has 0 aromatic heterocycles. The van der Waals surface area contributed by atoms with Crippen molar-refractivity contribution in [1.82, 2.24) is 5.32 Å². The van der Waals surface area contributed by atoms with Gasteiger partial charge in [0, 0.05) is 18.7 Å². The lowest BCUT2D eigenvalue weighted by Crippen LogP contribution is -2.27. The smallest absolute Gasteiger partial charge is 0.262 e. The van der Waals surface area contributed by atoms with Gasteiger partial charge in [-0.15, -0.1) is 0 Å². The number of carbonyl (C=O) groups excluding carboxylic acids is 2. The molecule has 1 unspecified atom stereocenters. The molecule has 2 amide bonds. The minimum absolute atomic E-state index is 0.00157. The van der Waals surface area contributed by atoms with Crippen LogP contribution in [-0.2, 0) is 4.79 Å². The first-order valence-electron chi connectivity index (χ1n) is 7.06. The summed E-state index contributed by atoms with van der Waals surface area (Å²) < 4.78 is 5.24. The molecule has 1 aliphatic rings. The van der Waals surface area contributed by atoms with Crippen LogP contribution in [0.1, 0.15) is 30.1 Å². The van der Waals surface area contributed by atoms with E-state index in [2.05, 4.69) is 10.6 Å². The number of benzene rings is 1. The second kappa shape index (κ2) is 7.08. The molecule has 1 aromatic carbocycles. The van der Waals surface area contributed by atoms with Gasteiger partial charge >= 0.3 is 0 Å². The highest BCUT2D eigenvalue weighted by Gasteiger charge is 2.17. The SMILES string of the molecule is CC(CO)CCCNC(=O)c1ccc2c(c1)NC(=O)CO2. The fourth-order valence-corrected chi connectivity index (χ4v) is 2.07. The average molecular weight is 292 g/mol. The Balaban J connectivity index is 1.88. The third kappa shape index (κ3) is 4.19. The zero-order chi connectivity index (χ0) is 15.2. The third-order valence-electron chi connectivity index (χ3n) is 3.35. The number of aliphatic hydroxyl groups excluding tert-OH is 1. The van der Waals surface area contributed by atoms with Crippen molar-refractivity contribution in [3.05, 3.63) is 23.8 Å². The molecule has 0 bridgehead atoms. The van der Waals surface area contributed by atoms with Crippen LogP contribution in [0.4, 0.5) is 5.69 Å². The van der Waals surface area contributed by atoms with Crippen molar-refractivity contribution in [1.29, 1.82) is 0 Å². The van der Waals surface area contributed by atoms with Crippen molar-refractivity contribution in [3.8, 4) is 5.75 Å². The van der Waals surface area contributed by atoms with Crippen molar-refractivity contribution in [2.45, 2.75) is 19.8 Å². The summed E-state index contributed by atoms with van der Waals surface area (Å²) in [5.74, 6) is 0.410. The van der Waals surface area contributed by atoms with Crippen LogP contribution in [0.15, 0.2) is 18.2 Å². The Labute approximate surface area is 123 Å². The predicted molar refractivity (Wildman–Crippen MR) is 78.4 cm³/mol. The topological polar surface area (TPSA) is 87.7 Å². The Morgan fingerprint density at radius 1 is 1.52 bits per heavy atom. The largest absolute Gasteiger partial charge is 0.482 e. The summed E-state index contributed by atoms with van der Waals surface area (Å²) in [6.07, 6.45) is 1.68. The molecule has 6 heteroatoms. The van der Waals surface area contributed by atoms with E-state index in [4.69, 9.17) is 9.84 Å². The molecule has 1 aliphatic heterocycles. The Kier molecular flexibility index (Phi) is 5.16. The molecule has 0 saturated heterocycles. The Morgan fingerprint density at radius 3 is 3.10 bits per heavy atom. The van der Waals surface area contributed by atoms with Gasteiger partial charge in [-0.3, -0.25) is 9.59 Å². The van der Waals surface area contributed by atoms with Gasteiger partial charge in [0.2, 0.25) is 0 Å². The average Bonchev–Trinajstić information content (AvgIpc) is 2.50. The van der Waals surface area contributed by atoms with Crippen LogP contribution in [0.2, 0.25) is 0 Å². The van der Waals surface area contributed by atoms with E-state index >= 15 is 0 Å². The van der Waals surface area contributed by atoms with Crippen LogP contribution in [0.3, 0.4) is 0 Å². The standard InChI is InChI=1S/C15H20N2O4/c1-10(8-18)3-2-6-16-15(20)11-4-5-13-12(7-11)17-14(19)9-21-13/h4-5,7,10,18H,2-3,6,8-9H2,1H3,(H,16,20)(H,17,19). The van der Waals surface area contributed by atoms with E-state index in [1.807, 2.05) is 6.92 Å². The highest BCUT2D eigenvalue weighted by molar-refractivity contribution is 5.99. The molecule has 3 N–H and O–H groups in total. The maximum Gasteiger partial charge on any atom is 0.262 e. The van der Waals surface area contributed by atoms with E-state index in [1.165, 1.54) is 0 Å². The van der Waals surface area contributed by atoms with Crippen LogP contribution >= 0.6 is 0 Å². The summed E-state index contributed by atoms with van der Waals surface area (Å²) in [7, 11) is 0. The molecule has 1 aromatic rings. The number of hydrogen-bond donors (Lipinski definition) is 3. The number of ether oxygens (including phenoxy) is 1. The van der Waals surface area contributed by atoms with Gasteiger partial charge in [-0.1, -0.05) is 6.92 Å². The second-order valence-corrected chi connectivity index (χ2v) is 5.23. The van der Waals surface area contributed by atoms with Gasteiger partial charge in [0.05, 0.1) is 5.69 Å². The number of hydrogen-bond acceptors (Lipinski definition) is 4. The lowest BCUT2D eigenvalue weighted by Gasteiger charge is -2.18. The Hall–Kier alpha value is -2.08. The van der Waals surface area contributed by atoms with Gasteiger partial charge in [0.15, 0.2) is 6.61 Å². The fourth-order valence-electron chi connectivity index (χ4n) is 2.07. The molecule has 1 heterocycles. The van der Waals surface area contributed by atoms with Crippen LogP contribution in [0, 0.1) is 5.92 Å². The van der Waals surface area contributed by atoms with E-state index in [9.17, 15) is 9.59 Å². The molecule has 0 radical (unpaired) electrons. The number of amides is 2. The highest BCUT2D eigenvalue weighted by atomic mass is 16.5. The highest BCUT2D eigenvalue weighted by Crippen LogP contribution is 2.28. The van der Waals surface area contributed by atoms with Crippen LogP contribution < -0.4 is 15.4 Å². The van der Waals surface area contributed by atoms with Crippen molar-refractivity contribution in [2.75, 3.05) is 25.1 Å². The number of nitrogens with one attached hydrogen (secondary N) is 2.